The second-order valence-electron chi connectivity index (χ2n) is 10.1. The fourth-order valence-electron chi connectivity index (χ4n) is 5.66. The summed E-state index contributed by atoms with van der Waals surface area (Å²) in [5.74, 6) is 0.779. The number of aromatic nitrogens is 2. The van der Waals surface area contributed by atoms with Crippen LogP contribution in [0.1, 0.15) is 37.1 Å². The van der Waals surface area contributed by atoms with Crippen LogP contribution >= 0.6 is 0 Å². The third-order valence-electron chi connectivity index (χ3n) is 7.72. The number of fused-ring (bicyclic) bond motifs is 3. The Morgan fingerprint density at radius 2 is 1.76 bits per heavy atom. The van der Waals surface area contributed by atoms with Crippen LogP contribution in [-0.4, -0.2) is 51.0 Å². The first-order chi connectivity index (χ1) is 18.1. The first-order valence-electron chi connectivity index (χ1n) is 13.1. The van der Waals surface area contributed by atoms with E-state index in [9.17, 15) is 9.59 Å². The maximum absolute atomic E-state index is 13.0. The van der Waals surface area contributed by atoms with Crippen LogP contribution in [0.15, 0.2) is 71.7 Å². The van der Waals surface area contributed by atoms with E-state index in [4.69, 9.17) is 4.74 Å². The molecule has 0 bridgehead atoms. The van der Waals surface area contributed by atoms with E-state index < -0.39 is 0 Å². The highest BCUT2D eigenvalue weighted by atomic mass is 16.5. The van der Waals surface area contributed by atoms with Gasteiger partial charge in [0.25, 0.3) is 5.56 Å². The molecule has 2 aromatic carbocycles. The van der Waals surface area contributed by atoms with Crippen molar-refractivity contribution >= 4 is 16.8 Å². The Labute approximate surface area is 223 Å². The number of pyridine rings is 1. The third-order valence-corrected chi connectivity index (χ3v) is 7.72. The number of hydrogen-bond donors (Lipinski definition) is 0. The number of hydrogen-bond acceptors (Lipinski definition) is 4. The molecule has 4 aromatic rings. The second-order valence-corrected chi connectivity index (χ2v) is 10.1. The minimum absolute atomic E-state index is 0. The minimum Gasteiger partial charge on any atom is -0.489 e. The van der Waals surface area contributed by atoms with Crippen LogP contribution in [0.2, 0.25) is 0 Å². The van der Waals surface area contributed by atoms with Crippen molar-refractivity contribution in [1.82, 2.24) is 18.9 Å². The van der Waals surface area contributed by atoms with Crippen molar-refractivity contribution in [2.45, 2.75) is 39.8 Å². The van der Waals surface area contributed by atoms with Gasteiger partial charge in [0, 0.05) is 55.5 Å². The molecular weight excluding hydrogens is 476 g/mol. The Morgan fingerprint density at radius 1 is 0.974 bits per heavy atom. The predicted molar refractivity (Wildman–Crippen MR) is 151 cm³/mol. The van der Waals surface area contributed by atoms with Crippen LogP contribution in [-0.2, 0) is 31.4 Å². The van der Waals surface area contributed by atoms with Crippen LogP contribution in [0.4, 0.5) is 0 Å². The van der Waals surface area contributed by atoms with Crippen molar-refractivity contribution in [2.24, 2.45) is 7.05 Å². The third kappa shape index (κ3) is 4.98. The number of nitrogens with zero attached hydrogens (tertiary/aromatic N) is 4. The highest BCUT2D eigenvalue weighted by Crippen LogP contribution is 2.31. The predicted octanol–water partition coefficient (Wildman–Crippen LogP) is 4.52. The molecular formula is C31H36N4O3. The standard InChI is InChI=1S/C30H32N4O3.CH4/c1-31-27-12-15-33(30(36)20-32-13-5-6-14-32)19-26(27)25-10-9-23(17-28(25)31)34-16-11-24(18-29(34)35)37-21-22-7-3-2-4-8-22;/h2-4,7-11,16-18H,5-6,12-15,19-21H2,1H3;1H4. The Bertz CT molecular complexity index is 1500. The maximum atomic E-state index is 13.0. The lowest BCUT2D eigenvalue weighted by atomic mass is 10.0. The zero-order valence-electron chi connectivity index (χ0n) is 21.2. The van der Waals surface area contributed by atoms with E-state index in [0.717, 1.165) is 48.2 Å². The molecule has 0 unspecified atom stereocenters. The molecule has 0 atom stereocenters. The van der Waals surface area contributed by atoms with E-state index in [-0.39, 0.29) is 18.9 Å². The summed E-state index contributed by atoms with van der Waals surface area (Å²) in [6.07, 6.45) is 4.99. The Kier molecular flexibility index (Phi) is 7.38. The van der Waals surface area contributed by atoms with Crippen LogP contribution in [0.3, 0.4) is 0 Å². The fraction of sp³-hybridized carbons (Fsp3) is 0.355. The summed E-state index contributed by atoms with van der Waals surface area (Å²) in [7, 11) is 2.08. The second kappa shape index (κ2) is 10.9. The molecule has 7 nitrogen and oxygen atoms in total. The Morgan fingerprint density at radius 3 is 2.53 bits per heavy atom. The topological polar surface area (TPSA) is 59.7 Å². The van der Waals surface area contributed by atoms with E-state index in [2.05, 4.69) is 28.6 Å². The van der Waals surface area contributed by atoms with E-state index in [1.165, 1.54) is 30.2 Å². The number of carbonyl (C=O) groups is 1. The van der Waals surface area contributed by atoms with Crippen molar-refractivity contribution in [3.63, 3.8) is 0 Å². The van der Waals surface area contributed by atoms with Gasteiger partial charge in [0.2, 0.25) is 5.91 Å². The van der Waals surface area contributed by atoms with Gasteiger partial charge < -0.3 is 14.2 Å². The highest BCUT2D eigenvalue weighted by molar-refractivity contribution is 5.88. The minimum atomic E-state index is -0.137. The summed E-state index contributed by atoms with van der Waals surface area (Å²) in [6, 6.07) is 19.4. The van der Waals surface area contributed by atoms with Gasteiger partial charge in [0.15, 0.2) is 0 Å². The number of aryl methyl sites for hydroxylation is 1. The van der Waals surface area contributed by atoms with Crippen molar-refractivity contribution in [2.75, 3.05) is 26.2 Å². The quantitative estimate of drug-likeness (QED) is 0.381. The number of rotatable bonds is 6. The Balaban J connectivity index is 0.00000294. The molecule has 0 saturated carbocycles. The van der Waals surface area contributed by atoms with E-state index in [1.807, 2.05) is 47.4 Å². The van der Waals surface area contributed by atoms with Crippen molar-refractivity contribution < 1.29 is 9.53 Å². The van der Waals surface area contributed by atoms with Crippen molar-refractivity contribution in [3.8, 4) is 11.4 Å². The Hall–Kier alpha value is -3.84. The van der Waals surface area contributed by atoms with E-state index in [0.29, 0.717) is 25.4 Å². The van der Waals surface area contributed by atoms with Gasteiger partial charge in [-0.3, -0.25) is 19.1 Å². The molecule has 0 radical (unpaired) electrons. The van der Waals surface area contributed by atoms with Gasteiger partial charge in [-0.1, -0.05) is 43.8 Å². The lowest BCUT2D eigenvalue weighted by Crippen LogP contribution is -2.42. The monoisotopic (exact) mass is 512 g/mol. The molecule has 1 saturated heterocycles. The van der Waals surface area contributed by atoms with Crippen molar-refractivity contribution in [1.29, 1.82) is 0 Å². The molecule has 38 heavy (non-hydrogen) atoms. The van der Waals surface area contributed by atoms with Crippen LogP contribution in [0.5, 0.6) is 5.75 Å². The van der Waals surface area contributed by atoms with Gasteiger partial charge in [-0.05, 0) is 49.7 Å². The summed E-state index contributed by atoms with van der Waals surface area (Å²) in [4.78, 5) is 30.2. The lowest BCUT2D eigenvalue weighted by Gasteiger charge is -2.29. The maximum Gasteiger partial charge on any atom is 0.258 e. The summed E-state index contributed by atoms with van der Waals surface area (Å²) in [6.45, 7) is 4.40. The zero-order valence-corrected chi connectivity index (χ0v) is 21.2. The largest absolute Gasteiger partial charge is 0.489 e. The average molecular weight is 513 g/mol. The molecule has 198 valence electrons. The normalized spacial score (nSPS) is 15.3. The molecule has 0 spiro atoms. The first-order valence-corrected chi connectivity index (χ1v) is 13.1. The molecule has 7 heteroatoms. The zero-order chi connectivity index (χ0) is 25.4. The smallest absolute Gasteiger partial charge is 0.258 e. The summed E-state index contributed by atoms with van der Waals surface area (Å²) in [5.41, 5.74) is 5.31. The van der Waals surface area contributed by atoms with Crippen LogP contribution in [0.25, 0.3) is 16.6 Å². The van der Waals surface area contributed by atoms with E-state index >= 15 is 0 Å². The van der Waals surface area contributed by atoms with Gasteiger partial charge >= 0.3 is 0 Å². The number of carbonyl (C=O) groups excluding carboxylic acids is 1. The molecule has 0 aliphatic carbocycles. The van der Waals surface area contributed by atoms with Gasteiger partial charge in [-0.2, -0.15) is 0 Å². The number of benzene rings is 2. The molecule has 2 aliphatic rings. The molecule has 2 aliphatic heterocycles. The van der Waals surface area contributed by atoms with E-state index in [1.54, 1.807) is 10.8 Å². The van der Waals surface area contributed by atoms with Crippen LogP contribution < -0.4 is 10.3 Å². The molecule has 0 N–H and O–H groups in total. The van der Waals surface area contributed by atoms with Crippen LogP contribution in [0, 0.1) is 0 Å². The first kappa shape index (κ1) is 25.8. The lowest BCUT2D eigenvalue weighted by molar-refractivity contribution is -0.133. The van der Waals surface area contributed by atoms with Crippen molar-refractivity contribution in [3.05, 3.63) is 94.0 Å². The number of amides is 1. The number of likely N-dealkylation sites (tertiary alicyclic amines) is 1. The molecule has 1 amide bonds. The molecule has 2 aromatic heterocycles. The fourth-order valence-corrected chi connectivity index (χ4v) is 5.66. The van der Waals surface area contributed by atoms with Gasteiger partial charge in [0.05, 0.1) is 17.7 Å². The summed E-state index contributed by atoms with van der Waals surface area (Å²) in [5, 5.41) is 1.15. The van der Waals surface area contributed by atoms with Gasteiger partial charge in [0.1, 0.15) is 12.4 Å². The summed E-state index contributed by atoms with van der Waals surface area (Å²) < 4.78 is 9.69. The average Bonchev–Trinajstić information content (AvgIpc) is 3.54. The SMILES string of the molecule is C.Cn1c2c(c3ccc(-n4ccc(OCc5ccccc5)cc4=O)cc31)CN(C(=O)CN1CCCC1)CC2. The number of ether oxygens (including phenoxy) is 1. The molecule has 4 heterocycles. The highest BCUT2D eigenvalue weighted by Gasteiger charge is 2.27. The molecule has 6 rings (SSSR count). The molecule has 1 fully saturated rings. The summed E-state index contributed by atoms with van der Waals surface area (Å²) >= 11 is 0. The van der Waals surface area contributed by atoms with Gasteiger partial charge in [-0.25, -0.2) is 0 Å². The van der Waals surface area contributed by atoms with Gasteiger partial charge in [-0.15, -0.1) is 0 Å².